The molecular formula is C19H24N4O2. The van der Waals surface area contributed by atoms with Crippen LogP contribution in [0.25, 0.3) is 0 Å². The van der Waals surface area contributed by atoms with E-state index in [2.05, 4.69) is 46.8 Å². The molecule has 4 rings (SSSR count). The summed E-state index contributed by atoms with van der Waals surface area (Å²) >= 11 is 0. The second-order valence-corrected chi connectivity index (χ2v) is 7.09. The maximum absolute atomic E-state index is 12.6. The summed E-state index contributed by atoms with van der Waals surface area (Å²) in [5.74, 6) is -0.120. The molecule has 25 heavy (non-hydrogen) atoms. The second kappa shape index (κ2) is 6.96. The second-order valence-electron chi connectivity index (χ2n) is 7.09. The van der Waals surface area contributed by atoms with E-state index in [1.54, 1.807) is 0 Å². The number of hydrogen-bond acceptors (Lipinski definition) is 4. The Morgan fingerprint density at radius 3 is 2.72 bits per heavy atom. The van der Waals surface area contributed by atoms with Crippen LogP contribution in [0.15, 0.2) is 24.3 Å². The van der Waals surface area contributed by atoms with E-state index < -0.39 is 0 Å². The van der Waals surface area contributed by atoms with Gasteiger partial charge in [-0.1, -0.05) is 54.3 Å². The lowest BCUT2D eigenvalue weighted by molar-refractivity contribution is -0.00179. The van der Waals surface area contributed by atoms with Crippen LogP contribution < -0.4 is 5.32 Å². The van der Waals surface area contributed by atoms with E-state index in [1.807, 2.05) is 4.68 Å². The molecule has 1 aliphatic heterocycles. The highest BCUT2D eigenvalue weighted by Crippen LogP contribution is 2.27. The molecule has 1 atom stereocenters. The van der Waals surface area contributed by atoms with E-state index in [0.29, 0.717) is 18.8 Å². The summed E-state index contributed by atoms with van der Waals surface area (Å²) in [6.45, 7) is 3.01. The number of aromatic nitrogens is 3. The number of nitrogens with one attached hydrogen (secondary N) is 1. The molecule has 6 heteroatoms. The molecule has 1 aromatic carbocycles. The van der Waals surface area contributed by atoms with Crippen LogP contribution in [0.3, 0.4) is 0 Å². The van der Waals surface area contributed by atoms with Gasteiger partial charge in [0, 0.05) is 6.04 Å². The van der Waals surface area contributed by atoms with Crippen LogP contribution in [0, 0.1) is 6.92 Å². The minimum atomic E-state index is -0.120. The molecule has 1 aromatic heterocycles. The number of rotatable bonds is 3. The van der Waals surface area contributed by atoms with Crippen LogP contribution >= 0.6 is 0 Å². The first kappa shape index (κ1) is 16.3. The molecule has 0 radical (unpaired) electrons. The van der Waals surface area contributed by atoms with Gasteiger partial charge in [0.15, 0.2) is 5.69 Å². The van der Waals surface area contributed by atoms with Crippen molar-refractivity contribution in [2.45, 2.75) is 64.3 Å². The molecule has 2 aliphatic rings. The van der Waals surface area contributed by atoms with Gasteiger partial charge in [-0.2, -0.15) is 0 Å². The average Bonchev–Trinajstić information content (AvgIpc) is 3.06. The Balaban J connectivity index is 1.46. The van der Waals surface area contributed by atoms with Crippen molar-refractivity contribution in [1.82, 2.24) is 20.3 Å². The lowest BCUT2D eigenvalue weighted by atomic mass is 9.95. The summed E-state index contributed by atoms with van der Waals surface area (Å²) in [4.78, 5) is 12.6. The van der Waals surface area contributed by atoms with Crippen molar-refractivity contribution in [3.05, 3.63) is 46.8 Å². The molecule has 1 fully saturated rings. The van der Waals surface area contributed by atoms with Gasteiger partial charge in [-0.25, -0.2) is 4.68 Å². The molecule has 2 heterocycles. The maximum atomic E-state index is 12.6. The lowest BCUT2D eigenvalue weighted by Crippen LogP contribution is -2.37. The summed E-state index contributed by atoms with van der Waals surface area (Å²) in [7, 11) is 0. The van der Waals surface area contributed by atoms with Gasteiger partial charge >= 0.3 is 0 Å². The fourth-order valence-corrected chi connectivity index (χ4v) is 3.67. The van der Waals surface area contributed by atoms with Crippen molar-refractivity contribution in [3.63, 3.8) is 0 Å². The van der Waals surface area contributed by atoms with Crippen LogP contribution in [0.4, 0.5) is 0 Å². The Labute approximate surface area is 147 Å². The summed E-state index contributed by atoms with van der Waals surface area (Å²) in [5, 5.41) is 11.4. The van der Waals surface area contributed by atoms with E-state index in [-0.39, 0.29) is 18.1 Å². The number of benzene rings is 1. The van der Waals surface area contributed by atoms with E-state index in [9.17, 15) is 4.79 Å². The largest absolute Gasteiger partial charge is 0.365 e. The molecule has 0 spiro atoms. The first-order valence-electron chi connectivity index (χ1n) is 9.12. The third-order valence-electron chi connectivity index (χ3n) is 5.20. The zero-order valence-corrected chi connectivity index (χ0v) is 14.6. The monoisotopic (exact) mass is 340 g/mol. The zero-order chi connectivity index (χ0) is 17.2. The maximum Gasteiger partial charge on any atom is 0.274 e. The van der Waals surface area contributed by atoms with E-state index >= 15 is 0 Å². The third kappa shape index (κ3) is 3.44. The van der Waals surface area contributed by atoms with Crippen LogP contribution in [-0.2, 0) is 17.9 Å². The van der Waals surface area contributed by atoms with Gasteiger partial charge in [0.1, 0.15) is 6.10 Å². The van der Waals surface area contributed by atoms with Crippen molar-refractivity contribution in [3.8, 4) is 0 Å². The summed E-state index contributed by atoms with van der Waals surface area (Å²) < 4.78 is 7.80. The van der Waals surface area contributed by atoms with E-state index in [0.717, 1.165) is 24.1 Å². The van der Waals surface area contributed by atoms with Crippen molar-refractivity contribution in [1.29, 1.82) is 0 Å². The highest BCUT2D eigenvalue weighted by Gasteiger charge is 2.28. The predicted octanol–water partition coefficient (Wildman–Crippen LogP) is 2.92. The molecule has 1 saturated carbocycles. The molecular weight excluding hydrogens is 316 g/mol. The van der Waals surface area contributed by atoms with Crippen molar-refractivity contribution >= 4 is 5.91 Å². The lowest BCUT2D eigenvalue weighted by Gasteiger charge is -2.25. The van der Waals surface area contributed by atoms with Crippen molar-refractivity contribution in [2.24, 2.45) is 0 Å². The minimum Gasteiger partial charge on any atom is -0.365 e. The van der Waals surface area contributed by atoms with Gasteiger partial charge in [-0.15, -0.1) is 5.10 Å². The summed E-state index contributed by atoms with van der Waals surface area (Å²) in [6.07, 6.45) is 5.70. The van der Waals surface area contributed by atoms with Gasteiger partial charge in [-0.05, 0) is 25.3 Å². The SMILES string of the molecule is Cc1ccc(C2Cn3nnc(C(=O)NC4CCCCC4)c3CO2)cc1. The van der Waals surface area contributed by atoms with Gasteiger partial charge in [-0.3, -0.25) is 4.79 Å². The third-order valence-corrected chi connectivity index (χ3v) is 5.20. The van der Waals surface area contributed by atoms with Gasteiger partial charge in [0.2, 0.25) is 0 Å². The number of hydrogen-bond donors (Lipinski definition) is 1. The fraction of sp³-hybridized carbons (Fsp3) is 0.526. The zero-order valence-electron chi connectivity index (χ0n) is 14.6. The van der Waals surface area contributed by atoms with Gasteiger partial charge < -0.3 is 10.1 Å². The summed E-state index contributed by atoms with van der Waals surface area (Å²) in [5.41, 5.74) is 3.53. The molecule has 1 N–H and O–H groups in total. The van der Waals surface area contributed by atoms with Gasteiger partial charge in [0.25, 0.3) is 5.91 Å². The molecule has 0 saturated heterocycles. The predicted molar refractivity (Wildman–Crippen MR) is 93.1 cm³/mol. The number of amides is 1. The number of nitrogens with zero attached hydrogens (tertiary/aromatic N) is 3. The Morgan fingerprint density at radius 2 is 1.96 bits per heavy atom. The Hall–Kier alpha value is -2.21. The normalized spacial score (nSPS) is 20.9. The smallest absolute Gasteiger partial charge is 0.274 e. The van der Waals surface area contributed by atoms with Crippen molar-refractivity contribution < 1.29 is 9.53 Å². The van der Waals surface area contributed by atoms with Crippen LogP contribution in [0.5, 0.6) is 0 Å². The molecule has 2 aromatic rings. The van der Waals surface area contributed by atoms with Crippen LogP contribution in [0.1, 0.15) is 65.5 Å². The highest BCUT2D eigenvalue weighted by molar-refractivity contribution is 5.93. The standard InChI is InChI=1S/C19H24N4O2/c1-13-7-9-14(10-8-13)17-11-23-16(12-25-17)18(21-22-23)19(24)20-15-5-3-2-4-6-15/h7-10,15,17H,2-6,11-12H2,1H3,(H,20,24). The number of ether oxygens (including phenoxy) is 1. The molecule has 0 bridgehead atoms. The number of aryl methyl sites for hydroxylation is 1. The quantitative estimate of drug-likeness (QED) is 0.933. The molecule has 1 aliphatic carbocycles. The Morgan fingerprint density at radius 1 is 1.20 bits per heavy atom. The first-order chi connectivity index (χ1) is 12.2. The van der Waals surface area contributed by atoms with E-state index in [4.69, 9.17) is 4.74 Å². The van der Waals surface area contributed by atoms with Crippen LogP contribution in [-0.4, -0.2) is 26.9 Å². The molecule has 1 amide bonds. The molecule has 132 valence electrons. The molecule has 1 unspecified atom stereocenters. The topological polar surface area (TPSA) is 69.0 Å². The summed E-state index contributed by atoms with van der Waals surface area (Å²) in [6, 6.07) is 8.59. The minimum absolute atomic E-state index is 0.0518. The van der Waals surface area contributed by atoms with Crippen LogP contribution in [0.2, 0.25) is 0 Å². The number of carbonyl (C=O) groups excluding carboxylic acids is 1. The Bertz CT molecular complexity index is 747. The number of fused-ring (bicyclic) bond motifs is 1. The fourth-order valence-electron chi connectivity index (χ4n) is 3.67. The number of carbonyl (C=O) groups is 1. The average molecular weight is 340 g/mol. The van der Waals surface area contributed by atoms with Crippen molar-refractivity contribution in [2.75, 3.05) is 0 Å². The Kier molecular flexibility index (Phi) is 4.53. The van der Waals surface area contributed by atoms with E-state index in [1.165, 1.54) is 24.8 Å². The molecule has 6 nitrogen and oxygen atoms in total. The first-order valence-corrected chi connectivity index (χ1v) is 9.12. The highest BCUT2D eigenvalue weighted by atomic mass is 16.5. The van der Waals surface area contributed by atoms with Gasteiger partial charge in [0.05, 0.1) is 18.8 Å².